The Balaban J connectivity index is 1.68. The third-order valence-electron chi connectivity index (χ3n) is 9.13. The lowest BCUT2D eigenvalue weighted by atomic mass is 9.52. The number of amides is 1. The van der Waals surface area contributed by atoms with Crippen LogP contribution in [0.25, 0.3) is 0 Å². The van der Waals surface area contributed by atoms with Gasteiger partial charge in [0.05, 0.1) is 42.3 Å². The summed E-state index contributed by atoms with van der Waals surface area (Å²) in [6.07, 6.45) is -5.78. The van der Waals surface area contributed by atoms with Crippen LogP contribution < -0.4 is 5.73 Å². The number of phenolic OH excluding ortho intramolecular Hbond substituents is 1. The second kappa shape index (κ2) is 9.68. The van der Waals surface area contributed by atoms with Gasteiger partial charge in [-0.25, -0.2) is 0 Å². The van der Waals surface area contributed by atoms with Gasteiger partial charge in [0.1, 0.15) is 5.75 Å². The number of halogens is 3. The summed E-state index contributed by atoms with van der Waals surface area (Å²) in [5, 5.41) is 22.5. The van der Waals surface area contributed by atoms with Crippen LogP contribution in [0.2, 0.25) is 0 Å². The molecule has 41 heavy (non-hydrogen) atoms. The number of aliphatic hydroxyl groups is 1. The van der Waals surface area contributed by atoms with Gasteiger partial charge in [-0.2, -0.15) is 13.2 Å². The lowest BCUT2D eigenvalue weighted by Crippen LogP contribution is -2.74. The van der Waals surface area contributed by atoms with E-state index in [1.54, 1.807) is 11.9 Å². The van der Waals surface area contributed by atoms with Gasteiger partial charge in [-0.15, -0.1) is 0 Å². The Hall–Kier alpha value is -3.20. The van der Waals surface area contributed by atoms with E-state index in [-0.39, 0.29) is 18.6 Å². The first kappa shape index (κ1) is 29.3. The summed E-state index contributed by atoms with van der Waals surface area (Å²) in [5.74, 6) is -13.5. The number of hydrogen-bond donors (Lipinski definition) is 3. The van der Waals surface area contributed by atoms with Crippen LogP contribution in [0.4, 0.5) is 13.2 Å². The molecule has 4 N–H and O–H groups in total. The Morgan fingerprint density at radius 3 is 2.41 bits per heavy atom. The maximum absolute atomic E-state index is 14.7. The molecule has 7 atom stereocenters. The number of likely N-dealkylation sites (N-methyl/N-ethyl adjacent to an activating group) is 2. The number of carbonyl (C=O) groups is 5. The molecule has 2 saturated carbocycles. The second-order valence-corrected chi connectivity index (χ2v) is 11.6. The Morgan fingerprint density at radius 1 is 1.20 bits per heavy atom. The standard InChI is InChI=1S/C27H30F3N3O8/c1-32(2)20-13-7-10-6-12-17(15(34)8-11(19(12)27(28,29)30)14-9-41-5-4-33(14)3)21(35)16(10)23(37)26(13,40)24(38)18(22(20)36)25(31)39/h8,10,13-14,16,18,20,34,40H,4-7,9H2,1-3H3,(H2,31,39). The maximum Gasteiger partial charge on any atom is 0.417 e. The van der Waals surface area contributed by atoms with Crippen LogP contribution in [0.1, 0.15) is 39.5 Å². The van der Waals surface area contributed by atoms with Gasteiger partial charge in [0, 0.05) is 12.5 Å². The number of fused-ring (bicyclic) bond motifs is 3. The molecule has 3 aliphatic carbocycles. The molecule has 1 amide bonds. The molecule has 0 aromatic heterocycles. The van der Waals surface area contributed by atoms with Crippen LogP contribution in [0, 0.1) is 23.7 Å². The first-order valence-corrected chi connectivity index (χ1v) is 13.1. The van der Waals surface area contributed by atoms with Crippen LogP contribution in [0.15, 0.2) is 6.07 Å². The SMILES string of the molecule is CN(C)C1C(=O)C(C(N)=O)C(=O)C2(O)C(=O)C3C(=O)c4c(O)cc(C5COCCN5C)c(C(F)(F)F)c4CC3CC12. The number of ketones is 4. The predicted octanol–water partition coefficient (Wildman–Crippen LogP) is -0.111. The zero-order chi connectivity index (χ0) is 30.3. The van der Waals surface area contributed by atoms with Crippen molar-refractivity contribution in [3.63, 3.8) is 0 Å². The number of morpholine rings is 1. The fraction of sp³-hybridized carbons (Fsp3) is 0.593. The number of nitrogens with two attached hydrogens (primary N) is 1. The minimum Gasteiger partial charge on any atom is -0.507 e. The number of hydrogen-bond acceptors (Lipinski definition) is 10. The number of primary amides is 1. The van der Waals surface area contributed by atoms with Gasteiger partial charge >= 0.3 is 6.18 Å². The van der Waals surface area contributed by atoms with Crippen LogP contribution in [0.5, 0.6) is 5.75 Å². The molecule has 11 nitrogen and oxygen atoms in total. The molecule has 0 spiro atoms. The Bertz CT molecular complexity index is 1380. The van der Waals surface area contributed by atoms with Crippen molar-refractivity contribution < 1.29 is 52.1 Å². The summed E-state index contributed by atoms with van der Waals surface area (Å²) in [6.45, 7) is 0.556. The van der Waals surface area contributed by atoms with E-state index in [1.165, 1.54) is 19.0 Å². The van der Waals surface area contributed by atoms with E-state index < -0.39 is 105 Å². The summed E-state index contributed by atoms with van der Waals surface area (Å²) in [7, 11) is 4.45. The zero-order valence-corrected chi connectivity index (χ0v) is 22.5. The second-order valence-electron chi connectivity index (χ2n) is 11.6. The fourth-order valence-corrected chi connectivity index (χ4v) is 7.32. The lowest BCUT2D eigenvalue weighted by Gasteiger charge is -2.52. The van der Waals surface area contributed by atoms with Crippen molar-refractivity contribution in [1.29, 1.82) is 0 Å². The first-order valence-electron chi connectivity index (χ1n) is 13.1. The van der Waals surface area contributed by atoms with Crippen molar-refractivity contribution in [3.8, 4) is 5.75 Å². The van der Waals surface area contributed by atoms with Crippen molar-refractivity contribution >= 4 is 29.0 Å². The summed E-state index contributed by atoms with van der Waals surface area (Å²) < 4.78 is 49.5. The number of ether oxygens (including phenoxy) is 1. The van der Waals surface area contributed by atoms with Crippen LogP contribution in [-0.2, 0) is 36.5 Å². The van der Waals surface area contributed by atoms with Gasteiger partial charge in [-0.1, -0.05) is 0 Å². The molecule has 1 heterocycles. The van der Waals surface area contributed by atoms with Crippen LogP contribution >= 0.6 is 0 Å². The molecular weight excluding hydrogens is 551 g/mol. The summed E-state index contributed by atoms with van der Waals surface area (Å²) in [6, 6.07) is -1.37. The molecule has 1 aromatic carbocycles. The maximum atomic E-state index is 14.7. The molecule has 4 aliphatic rings. The number of benzene rings is 1. The number of rotatable bonds is 3. The molecule has 0 radical (unpaired) electrons. The molecule has 222 valence electrons. The van der Waals surface area contributed by atoms with Gasteiger partial charge in [-0.3, -0.25) is 33.8 Å². The monoisotopic (exact) mass is 581 g/mol. The molecule has 1 aliphatic heterocycles. The molecular formula is C27H30F3N3O8. The van der Waals surface area contributed by atoms with E-state index in [4.69, 9.17) is 10.5 Å². The quantitative estimate of drug-likeness (QED) is 0.410. The zero-order valence-electron chi connectivity index (χ0n) is 22.5. The average Bonchev–Trinajstić information content (AvgIpc) is 2.85. The van der Waals surface area contributed by atoms with E-state index in [1.807, 2.05) is 0 Å². The third kappa shape index (κ3) is 4.14. The van der Waals surface area contributed by atoms with Crippen molar-refractivity contribution in [2.75, 3.05) is 40.9 Å². The minimum absolute atomic E-state index is 0.0822. The van der Waals surface area contributed by atoms with E-state index in [2.05, 4.69) is 0 Å². The molecule has 5 rings (SSSR count). The summed E-state index contributed by atoms with van der Waals surface area (Å²) in [4.78, 5) is 69.1. The van der Waals surface area contributed by atoms with E-state index in [9.17, 15) is 47.4 Å². The Labute approximate surface area is 232 Å². The number of nitrogens with zero attached hydrogens (tertiary/aromatic N) is 2. The molecule has 1 saturated heterocycles. The lowest BCUT2D eigenvalue weighted by molar-refractivity contribution is -0.181. The number of aromatic hydroxyl groups is 1. The fourth-order valence-electron chi connectivity index (χ4n) is 7.32. The summed E-state index contributed by atoms with van der Waals surface area (Å²) in [5.41, 5.74) is -0.251. The molecule has 7 unspecified atom stereocenters. The molecule has 0 bridgehead atoms. The Kier molecular flexibility index (Phi) is 6.92. The van der Waals surface area contributed by atoms with Gasteiger partial charge in [0.2, 0.25) is 5.91 Å². The van der Waals surface area contributed by atoms with E-state index >= 15 is 0 Å². The van der Waals surface area contributed by atoms with Crippen molar-refractivity contribution in [1.82, 2.24) is 9.80 Å². The van der Waals surface area contributed by atoms with Crippen molar-refractivity contribution in [3.05, 3.63) is 28.3 Å². The average molecular weight is 582 g/mol. The first-order chi connectivity index (χ1) is 19.0. The Morgan fingerprint density at radius 2 is 1.85 bits per heavy atom. The van der Waals surface area contributed by atoms with Crippen molar-refractivity contribution in [2.45, 2.75) is 36.7 Å². The van der Waals surface area contributed by atoms with Crippen LogP contribution in [0.3, 0.4) is 0 Å². The number of carbonyl (C=O) groups excluding carboxylic acids is 5. The normalized spacial score (nSPS) is 34.3. The topological polar surface area (TPSA) is 168 Å². The third-order valence-corrected chi connectivity index (χ3v) is 9.13. The predicted molar refractivity (Wildman–Crippen MR) is 133 cm³/mol. The highest BCUT2D eigenvalue weighted by molar-refractivity contribution is 6.32. The number of phenols is 1. The van der Waals surface area contributed by atoms with E-state index in [0.29, 0.717) is 13.2 Å². The molecule has 1 aromatic rings. The highest BCUT2D eigenvalue weighted by Crippen LogP contribution is 2.53. The smallest absolute Gasteiger partial charge is 0.417 e. The van der Waals surface area contributed by atoms with Gasteiger partial charge < -0.3 is 20.7 Å². The molecule has 14 heteroatoms. The minimum atomic E-state index is -4.95. The highest BCUT2D eigenvalue weighted by Gasteiger charge is 2.69. The number of alkyl halides is 3. The largest absolute Gasteiger partial charge is 0.507 e. The van der Waals surface area contributed by atoms with Gasteiger partial charge in [0.15, 0.2) is 34.7 Å². The summed E-state index contributed by atoms with van der Waals surface area (Å²) >= 11 is 0. The molecule has 3 fully saturated rings. The van der Waals surface area contributed by atoms with Gasteiger partial charge in [-0.05, 0) is 57.1 Å². The van der Waals surface area contributed by atoms with Crippen molar-refractivity contribution in [2.24, 2.45) is 29.4 Å². The van der Waals surface area contributed by atoms with E-state index in [0.717, 1.165) is 6.07 Å². The highest BCUT2D eigenvalue weighted by atomic mass is 19.4. The van der Waals surface area contributed by atoms with Crippen LogP contribution in [-0.4, -0.2) is 102 Å². The van der Waals surface area contributed by atoms with Gasteiger partial charge in [0.25, 0.3) is 0 Å². The number of Topliss-reactive ketones (excluding diaryl/α,β-unsaturated/α-hetero) is 4.